The van der Waals surface area contributed by atoms with Crippen molar-refractivity contribution in [2.24, 2.45) is 5.92 Å². The van der Waals surface area contributed by atoms with E-state index in [2.05, 4.69) is 16.0 Å². The van der Waals surface area contributed by atoms with E-state index < -0.39 is 35.8 Å². The summed E-state index contributed by atoms with van der Waals surface area (Å²) in [5.41, 5.74) is 0.822. The quantitative estimate of drug-likeness (QED) is 0.410. The lowest BCUT2D eigenvalue weighted by Crippen LogP contribution is -2.54. The van der Waals surface area contributed by atoms with Gasteiger partial charge in [0.05, 0.1) is 12.1 Å². The number of carbonyl (C=O) groups is 4. The normalized spacial score (nSPS) is 17.2. The average molecular weight is 462 g/mol. The second-order valence-corrected chi connectivity index (χ2v) is 8.57. The van der Waals surface area contributed by atoms with Crippen molar-refractivity contribution >= 4 is 23.7 Å². The number of hydrogen-bond acceptors (Lipinski definition) is 6. The minimum absolute atomic E-state index is 0.0731. The van der Waals surface area contributed by atoms with Crippen LogP contribution >= 0.6 is 0 Å². The highest BCUT2D eigenvalue weighted by Crippen LogP contribution is 2.11. The van der Waals surface area contributed by atoms with Crippen LogP contribution < -0.4 is 16.0 Å². The van der Waals surface area contributed by atoms with Gasteiger partial charge in [0.1, 0.15) is 12.6 Å². The summed E-state index contributed by atoms with van der Waals surface area (Å²) in [6.07, 6.45) is 1.55. The maximum Gasteiger partial charge on any atom is 0.408 e. The van der Waals surface area contributed by atoms with Gasteiger partial charge in [-0.1, -0.05) is 51.1 Å². The molecule has 1 fully saturated rings. The fourth-order valence-corrected chi connectivity index (χ4v) is 3.49. The Morgan fingerprint density at radius 3 is 2.42 bits per heavy atom. The first-order valence-corrected chi connectivity index (χ1v) is 11.5. The molecule has 182 valence electrons. The Morgan fingerprint density at radius 1 is 1.09 bits per heavy atom. The molecule has 9 heteroatoms. The number of ether oxygens (including phenoxy) is 2. The maximum absolute atomic E-state index is 12.9. The summed E-state index contributed by atoms with van der Waals surface area (Å²) in [5, 5.41) is 7.77. The number of ketones is 1. The molecule has 1 aliphatic heterocycles. The number of amides is 3. The van der Waals surface area contributed by atoms with E-state index in [1.165, 1.54) is 0 Å². The van der Waals surface area contributed by atoms with Gasteiger partial charge in [0.15, 0.2) is 0 Å². The highest BCUT2D eigenvalue weighted by atomic mass is 16.5. The van der Waals surface area contributed by atoms with Gasteiger partial charge in [0, 0.05) is 13.2 Å². The number of carbonyl (C=O) groups excluding carboxylic acids is 4. The fraction of sp³-hybridized carbons (Fsp3) is 0.583. The molecule has 0 radical (unpaired) electrons. The van der Waals surface area contributed by atoms with E-state index >= 15 is 0 Å². The zero-order valence-corrected chi connectivity index (χ0v) is 19.6. The van der Waals surface area contributed by atoms with E-state index in [0.29, 0.717) is 13.0 Å². The average Bonchev–Trinajstić information content (AvgIpc) is 3.32. The third-order valence-corrected chi connectivity index (χ3v) is 5.31. The maximum atomic E-state index is 12.9. The van der Waals surface area contributed by atoms with E-state index in [1.54, 1.807) is 6.92 Å². The van der Waals surface area contributed by atoms with E-state index in [0.717, 1.165) is 18.4 Å². The molecule has 9 nitrogen and oxygen atoms in total. The molecule has 1 saturated heterocycles. The molecule has 33 heavy (non-hydrogen) atoms. The summed E-state index contributed by atoms with van der Waals surface area (Å²) in [5.74, 6) is -1.92. The van der Waals surface area contributed by atoms with Gasteiger partial charge in [-0.25, -0.2) is 4.79 Å². The monoisotopic (exact) mass is 461 g/mol. The molecule has 1 aromatic rings. The van der Waals surface area contributed by atoms with Crippen molar-refractivity contribution in [1.82, 2.24) is 16.0 Å². The van der Waals surface area contributed by atoms with Crippen molar-refractivity contribution in [2.45, 2.75) is 71.2 Å². The first-order valence-electron chi connectivity index (χ1n) is 11.5. The van der Waals surface area contributed by atoms with Crippen molar-refractivity contribution in [3.05, 3.63) is 35.9 Å². The number of rotatable bonds is 12. The minimum atomic E-state index is -0.987. The summed E-state index contributed by atoms with van der Waals surface area (Å²) >= 11 is 0. The molecular formula is C24H35N3O6. The summed E-state index contributed by atoms with van der Waals surface area (Å²) in [6, 6.07) is 7.30. The van der Waals surface area contributed by atoms with Crippen LogP contribution in [-0.4, -0.2) is 55.0 Å². The summed E-state index contributed by atoms with van der Waals surface area (Å²) in [6.45, 7) is 6.52. The molecule has 1 aliphatic rings. The highest BCUT2D eigenvalue weighted by molar-refractivity contribution is 6.38. The van der Waals surface area contributed by atoms with E-state index in [9.17, 15) is 19.2 Å². The number of hydrogen-bond donors (Lipinski definition) is 3. The lowest BCUT2D eigenvalue weighted by Gasteiger charge is -2.23. The van der Waals surface area contributed by atoms with Crippen molar-refractivity contribution in [3.8, 4) is 0 Å². The van der Waals surface area contributed by atoms with Gasteiger partial charge in [0.2, 0.25) is 11.7 Å². The van der Waals surface area contributed by atoms with Gasteiger partial charge in [-0.2, -0.15) is 0 Å². The Labute approximate surface area is 195 Å². The largest absolute Gasteiger partial charge is 0.445 e. The molecule has 2 rings (SSSR count). The van der Waals surface area contributed by atoms with Gasteiger partial charge in [0.25, 0.3) is 5.91 Å². The highest BCUT2D eigenvalue weighted by Gasteiger charge is 2.30. The fourth-order valence-electron chi connectivity index (χ4n) is 3.49. The SMILES string of the molecule is CCC(NC(=O)[C@H](CC(C)C)NC(=O)OCc1ccccc1)C(=O)C(=O)NCC1CCCO1. The van der Waals surface area contributed by atoms with Crippen LogP contribution in [-0.2, 0) is 30.5 Å². The Bertz CT molecular complexity index is 793. The van der Waals surface area contributed by atoms with Gasteiger partial charge in [-0.15, -0.1) is 0 Å². The van der Waals surface area contributed by atoms with Crippen molar-refractivity contribution in [2.75, 3.05) is 13.2 Å². The van der Waals surface area contributed by atoms with Crippen molar-refractivity contribution in [3.63, 3.8) is 0 Å². The molecule has 0 aliphatic carbocycles. The summed E-state index contributed by atoms with van der Waals surface area (Å²) in [4.78, 5) is 50.0. The lowest BCUT2D eigenvalue weighted by atomic mass is 10.0. The van der Waals surface area contributed by atoms with Gasteiger partial charge >= 0.3 is 6.09 Å². The van der Waals surface area contributed by atoms with Gasteiger partial charge in [-0.3, -0.25) is 14.4 Å². The Hall–Kier alpha value is -2.94. The van der Waals surface area contributed by atoms with Crippen LogP contribution in [0.15, 0.2) is 30.3 Å². The van der Waals surface area contributed by atoms with Crippen LogP contribution in [0.4, 0.5) is 4.79 Å². The zero-order chi connectivity index (χ0) is 24.2. The lowest BCUT2D eigenvalue weighted by molar-refractivity contribution is -0.140. The molecule has 0 bridgehead atoms. The molecule has 0 aromatic heterocycles. The molecule has 1 aromatic carbocycles. The Kier molecular flexibility index (Phi) is 10.8. The summed E-state index contributed by atoms with van der Waals surface area (Å²) < 4.78 is 10.7. The first-order chi connectivity index (χ1) is 15.8. The van der Waals surface area contributed by atoms with Crippen LogP contribution in [0.1, 0.15) is 52.0 Å². The second-order valence-electron chi connectivity index (χ2n) is 8.57. The summed E-state index contributed by atoms with van der Waals surface area (Å²) in [7, 11) is 0. The van der Waals surface area contributed by atoms with E-state index in [4.69, 9.17) is 9.47 Å². The van der Waals surface area contributed by atoms with E-state index in [1.807, 2.05) is 44.2 Å². The third-order valence-electron chi connectivity index (χ3n) is 5.31. The number of alkyl carbamates (subject to hydrolysis) is 1. The molecular weight excluding hydrogens is 426 g/mol. The molecule has 0 saturated carbocycles. The molecule has 2 unspecified atom stereocenters. The Morgan fingerprint density at radius 2 is 1.82 bits per heavy atom. The second kappa shape index (κ2) is 13.6. The minimum Gasteiger partial charge on any atom is -0.445 e. The predicted molar refractivity (Wildman–Crippen MR) is 122 cm³/mol. The zero-order valence-electron chi connectivity index (χ0n) is 19.6. The Balaban J connectivity index is 1.90. The smallest absolute Gasteiger partial charge is 0.408 e. The number of nitrogens with one attached hydrogen (secondary N) is 3. The van der Waals surface area contributed by atoms with Crippen LogP contribution in [0, 0.1) is 5.92 Å². The first kappa shape index (κ1) is 26.3. The van der Waals surface area contributed by atoms with Crippen molar-refractivity contribution < 1.29 is 28.7 Å². The third kappa shape index (κ3) is 9.21. The number of benzene rings is 1. The van der Waals surface area contributed by atoms with Gasteiger partial charge < -0.3 is 25.4 Å². The van der Waals surface area contributed by atoms with Crippen LogP contribution in [0.5, 0.6) is 0 Å². The molecule has 3 amide bonds. The molecule has 3 atom stereocenters. The molecule has 3 N–H and O–H groups in total. The molecule has 0 spiro atoms. The van der Waals surface area contributed by atoms with E-state index in [-0.39, 0.29) is 31.6 Å². The number of Topliss-reactive ketones (excluding diaryl/α,β-unsaturated/α-hetero) is 1. The molecule has 1 heterocycles. The predicted octanol–water partition coefficient (Wildman–Crippen LogP) is 2.09. The topological polar surface area (TPSA) is 123 Å². The van der Waals surface area contributed by atoms with Crippen LogP contribution in [0.2, 0.25) is 0 Å². The van der Waals surface area contributed by atoms with Crippen LogP contribution in [0.25, 0.3) is 0 Å². The van der Waals surface area contributed by atoms with Crippen LogP contribution in [0.3, 0.4) is 0 Å². The standard InChI is InChI=1S/C24H35N3O6/c1-4-19(21(28)23(30)25-14-18-11-8-12-32-18)26-22(29)20(13-16(2)3)27-24(31)33-15-17-9-6-5-7-10-17/h5-7,9-10,16,18-20H,4,8,11-15H2,1-3H3,(H,25,30)(H,26,29)(H,27,31)/t18?,19?,20-/m0/s1. The van der Waals surface area contributed by atoms with Gasteiger partial charge in [-0.05, 0) is 37.2 Å². The van der Waals surface area contributed by atoms with Crippen molar-refractivity contribution in [1.29, 1.82) is 0 Å².